The molecule has 0 unspecified atom stereocenters. The van der Waals surface area contributed by atoms with Gasteiger partial charge in [0.25, 0.3) is 0 Å². The number of rotatable bonds is 10. The van der Waals surface area contributed by atoms with E-state index in [0.29, 0.717) is 12.2 Å². The highest BCUT2D eigenvalue weighted by molar-refractivity contribution is 5.72. The molecule has 1 heterocycles. The van der Waals surface area contributed by atoms with Crippen LogP contribution < -0.4 is 4.74 Å². The van der Waals surface area contributed by atoms with Crippen molar-refractivity contribution in [3.05, 3.63) is 42.4 Å². The smallest absolute Gasteiger partial charge is 0.311 e. The molecule has 134 valence electrons. The van der Waals surface area contributed by atoms with Crippen LogP contribution in [0.1, 0.15) is 64.5 Å². The van der Waals surface area contributed by atoms with Crippen LogP contribution in [0.5, 0.6) is 5.75 Å². The third-order valence-corrected chi connectivity index (χ3v) is 4.08. The molecule has 2 aromatic rings. The number of unbranched alkanes of at least 4 members (excludes halogenated alkanes) is 4. The van der Waals surface area contributed by atoms with Crippen molar-refractivity contribution in [2.45, 2.75) is 65.2 Å². The molecule has 1 aromatic heterocycles. The summed E-state index contributed by atoms with van der Waals surface area (Å²) < 4.78 is 5.39. The first-order valence-electron chi connectivity index (χ1n) is 9.35. The zero-order chi connectivity index (χ0) is 17.9. The minimum Gasteiger partial charge on any atom is -0.427 e. The zero-order valence-electron chi connectivity index (χ0n) is 15.3. The van der Waals surface area contributed by atoms with Crippen molar-refractivity contribution in [2.24, 2.45) is 0 Å². The summed E-state index contributed by atoms with van der Waals surface area (Å²) >= 11 is 0. The predicted octanol–water partition coefficient (Wildman–Crippen LogP) is 5.36. The lowest BCUT2D eigenvalue weighted by Gasteiger charge is -2.06. The van der Waals surface area contributed by atoms with Gasteiger partial charge in [0.1, 0.15) is 5.75 Å². The number of benzene rings is 1. The average molecular weight is 340 g/mol. The van der Waals surface area contributed by atoms with E-state index in [1.54, 1.807) is 6.20 Å². The van der Waals surface area contributed by atoms with Gasteiger partial charge in [0, 0.05) is 18.2 Å². The molecule has 4 heteroatoms. The summed E-state index contributed by atoms with van der Waals surface area (Å²) in [7, 11) is 0. The second kappa shape index (κ2) is 10.6. The maximum Gasteiger partial charge on any atom is 0.311 e. The highest BCUT2D eigenvalue weighted by Crippen LogP contribution is 2.21. The molecule has 0 aliphatic rings. The number of carbonyl (C=O) groups is 1. The third-order valence-electron chi connectivity index (χ3n) is 4.08. The van der Waals surface area contributed by atoms with Gasteiger partial charge in [-0.25, -0.2) is 0 Å². The quantitative estimate of drug-likeness (QED) is 0.332. The Balaban J connectivity index is 1.83. The second-order valence-electron chi connectivity index (χ2n) is 6.31. The summed E-state index contributed by atoms with van der Waals surface area (Å²) in [5, 5.41) is 0. The van der Waals surface area contributed by atoms with Crippen LogP contribution in [0.4, 0.5) is 0 Å². The van der Waals surface area contributed by atoms with Crippen LogP contribution in [0.15, 0.2) is 36.7 Å². The van der Waals surface area contributed by atoms with Crippen LogP contribution in [0.2, 0.25) is 0 Å². The zero-order valence-corrected chi connectivity index (χ0v) is 15.3. The number of esters is 1. The summed E-state index contributed by atoms with van der Waals surface area (Å²) in [4.78, 5) is 20.7. The van der Waals surface area contributed by atoms with E-state index in [1.165, 1.54) is 19.3 Å². The van der Waals surface area contributed by atoms with Gasteiger partial charge in [-0.15, -0.1) is 0 Å². The van der Waals surface area contributed by atoms with Gasteiger partial charge in [-0.2, -0.15) is 0 Å². The Labute approximate surface area is 150 Å². The number of aromatic nitrogens is 2. The van der Waals surface area contributed by atoms with Crippen LogP contribution in [0.25, 0.3) is 11.3 Å². The maximum absolute atomic E-state index is 11.9. The van der Waals surface area contributed by atoms with Gasteiger partial charge in [0.2, 0.25) is 0 Å². The summed E-state index contributed by atoms with van der Waals surface area (Å²) in [6.45, 7) is 4.31. The van der Waals surface area contributed by atoms with Gasteiger partial charge in [-0.1, -0.05) is 46.0 Å². The normalized spacial score (nSPS) is 10.6. The molecule has 25 heavy (non-hydrogen) atoms. The molecule has 0 fully saturated rings. The summed E-state index contributed by atoms with van der Waals surface area (Å²) in [6.07, 6.45) is 11.7. The monoisotopic (exact) mass is 340 g/mol. The Bertz CT molecular complexity index is 636. The minimum atomic E-state index is -0.159. The van der Waals surface area contributed by atoms with Crippen LogP contribution in [-0.4, -0.2) is 15.9 Å². The first-order valence-corrected chi connectivity index (χ1v) is 9.35. The van der Waals surface area contributed by atoms with Crippen molar-refractivity contribution in [1.29, 1.82) is 0 Å². The van der Waals surface area contributed by atoms with Gasteiger partial charge >= 0.3 is 5.97 Å². The standard InChI is InChI=1S/C21H28N2O2/c1-3-5-6-7-8-10-21(24)25-19-13-11-17(12-14-19)20-16-22-18(9-4-2)15-23-20/h11-16H,3-10H2,1-2H3. The van der Waals surface area contributed by atoms with Gasteiger partial charge in [0.15, 0.2) is 0 Å². The number of nitrogens with zero attached hydrogens (tertiary/aromatic N) is 2. The van der Waals surface area contributed by atoms with Crippen molar-refractivity contribution < 1.29 is 9.53 Å². The highest BCUT2D eigenvalue weighted by atomic mass is 16.5. The van der Waals surface area contributed by atoms with E-state index in [4.69, 9.17) is 4.74 Å². The molecule has 0 aliphatic carbocycles. The fraction of sp³-hybridized carbons (Fsp3) is 0.476. The fourth-order valence-corrected chi connectivity index (χ4v) is 2.64. The van der Waals surface area contributed by atoms with E-state index in [2.05, 4.69) is 23.8 Å². The number of carbonyl (C=O) groups excluding carboxylic acids is 1. The Hall–Kier alpha value is -2.23. The average Bonchev–Trinajstić information content (AvgIpc) is 2.63. The molecule has 0 amide bonds. The molecule has 0 bridgehead atoms. The molecule has 0 spiro atoms. The van der Waals surface area contributed by atoms with Crippen molar-refractivity contribution >= 4 is 5.97 Å². The van der Waals surface area contributed by atoms with E-state index >= 15 is 0 Å². The fourth-order valence-electron chi connectivity index (χ4n) is 2.64. The first-order chi connectivity index (χ1) is 12.2. The molecule has 4 nitrogen and oxygen atoms in total. The Morgan fingerprint density at radius 2 is 1.68 bits per heavy atom. The lowest BCUT2D eigenvalue weighted by molar-refractivity contribution is -0.134. The van der Waals surface area contributed by atoms with Crippen molar-refractivity contribution in [3.8, 4) is 17.0 Å². The molecule has 0 saturated heterocycles. The van der Waals surface area contributed by atoms with E-state index in [9.17, 15) is 4.79 Å². The van der Waals surface area contributed by atoms with Crippen molar-refractivity contribution in [3.63, 3.8) is 0 Å². The topological polar surface area (TPSA) is 52.1 Å². The van der Waals surface area contributed by atoms with Gasteiger partial charge in [0.05, 0.1) is 17.6 Å². The van der Waals surface area contributed by atoms with Crippen molar-refractivity contribution in [1.82, 2.24) is 9.97 Å². The van der Waals surface area contributed by atoms with E-state index < -0.39 is 0 Å². The number of hydrogen-bond acceptors (Lipinski definition) is 4. The summed E-state index contributed by atoms with van der Waals surface area (Å²) in [6, 6.07) is 7.44. The van der Waals surface area contributed by atoms with Crippen molar-refractivity contribution in [2.75, 3.05) is 0 Å². The number of aryl methyl sites for hydroxylation is 1. The molecule has 1 aromatic carbocycles. The first kappa shape index (κ1) is 19.1. The molecule has 0 N–H and O–H groups in total. The van der Waals surface area contributed by atoms with E-state index in [-0.39, 0.29) is 5.97 Å². The minimum absolute atomic E-state index is 0.159. The Kier molecular flexibility index (Phi) is 8.10. The van der Waals surface area contributed by atoms with E-state index in [1.807, 2.05) is 30.5 Å². The Morgan fingerprint density at radius 1 is 0.920 bits per heavy atom. The molecule has 2 rings (SSSR count). The largest absolute Gasteiger partial charge is 0.427 e. The highest BCUT2D eigenvalue weighted by Gasteiger charge is 2.06. The third kappa shape index (κ3) is 6.65. The molecule has 0 radical (unpaired) electrons. The Morgan fingerprint density at radius 3 is 2.32 bits per heavy atom. The molecule has 0 saturated carbocycles. The number of ether oxygens (including phenoxy) is 1. The predicted molar refractivity (Wildman–Crippen MR) is 100 cm³/mol. The second-order valence-corrected chi connectivity index (χ2v) is 6.31. The molecule has 0 atom stereocenters. The lowest BCUT2D eigenvalue weighted by Crippen LogP contribution is -2.07. The van der Waals surface area contributed by atoms with Crippen LogP contribution in [-0.2, 0) is 11.2 Å². The van der Waals surface area contributed by atoms with Gasteiger partial charge in [-0.05, 0) is 37.1 Å². The van der Waals surface area contributed by atoms with Gasteiger partial charge < -0.3 is 4.74 Å². The summed E-state index contributed by atoms with van der Waals surface area (Å²) in [5.74, 6) is 0.422. The van der Waals surface area contributed by atoms with E-state index in [0.717, 1.165) is 42.6 Å². The maximum atomic E-state index is 11.9. The van der Waals surface area contributed by atoms with Crippen LogP contribution in [0.3, 0.4) is 0 Å². The summed E-state index contributed by atoms with van der Waals surface area (Å²) in [5.41, 5.74) is 2.80. The number of hydrogen-bond donors (Lipinski definition) is 0. The van der Waals surface area contributed by atoms with Crippen LogP contribution in [0, 0.1) is 0 Å². The lowest BCUT2D eigenvalue weighted by atomic mass is 10.1. The SMILES string of the molecule is CCCCCCCC(=O)Oc1ccc(-c2cnc(CCC)cn2)cc1. The molecule has 0 aliphatic heterocycles. The van der Waals surface area contributed by atoms with Gasteiger partial charge in [-0.3, -0.25) is 14.8 Å². The molecular weight excluding hydrogens is 312 g/mol. The molecular formula is C21H28N2O2. The van der Waals surface area contributed by atoms with Crippen LogP contribution >= 0.6 is 0 Å².